The molecule has 0 N–H and O–H groups in total. The number of rotatable bonds is 3. The minimum atomic E-state index is -3.62. The van der Waals surface area contributed by atoms with Gasteiger partial charge in [-0.05, 0) is 37.1 Å². The lowest BCUT2D eigenvalue weighted by Gasteiger charge is -2.29. The maximum Gasteiger partial charge on any atom is 0.308 e. The molecule has 5 nitrogen and oxygen atoms in total. The zero-order valence-corrected chi connectivity index (χ0v) is 11.9. The SMILES string of the molecule is COC(=O)C1CCN(S(=O)(=O)c2ccc(F)cc2)CC1. The molecular weight excluding hydrogens is 285 g/mol. The average Bonchev–Trinajstić information content (AvgIpc) is 2.47. The molecule has 1 aromatic carbocycles. The van der Waals surface area contributed by atoms with E-state index in [9.17, 15) is 17.6 Å². The fourth-order valence-electron chi connectivity index (χ4n) is 2.25. The van der Waals surface area contributed by atoms with Crippen LogP contribution in [0.15, 0.2) is 29.2 Å². The average molecular weight is 301 g/mol. The minimum absolute atomic E-state index is 0.0652. The molecule has 1 aliphatic rings. The lowest BCUT2D eigenvalue weighted by Crippen LogP contribution is -2.40. The van der Waals surface area contributed by atoms with Crippen molar-refractivity contribution < 1.29 is 22.3 Å². The van der Waals surface area contributed by atoms with E-state index in [4.69, 9.17) is 0 Å². The number of hydrogen-bond acceptors (Lipinski definition) is 4. The monoisotopic (exact) mass is 301 g/mol. The molecule has 0 amide bonds. The van der Waals surface area contributed by atoms with Crippen LogP contribution in [0, 0.1) is 11.7 Å². The molecule has 0 unspecified atom stereocenters. The van der Waals surface area contributed by atoms with E-state index >= 15 is 0 Å². The number of carbonyl (C=O) groups excluding carboxylic acids is 1. The molecule has 1 aromatic rings. The number of piperidine rings is 1. The van der Waals surface area contributed by atoms with E-state index in [1.165, 1.54) is 23.5 Å². The van der Waals surface area contributed by atoms with Gasteiger partial charge >= 0.3 is 5.97 Å². The number of sulfonamides is 1. The van der Waals surface area contributed by atoms with Crippen LogP contribution in [0.1, 0.15) is 12.8 Å². The Bertz CT molecular complexity index is 577. The molecule has 2 rings (SSSR count). The second-order valence-electron chi connectivity index (χ2n) is 4.66. The molecule has 0 bridgehead atoms. The van der Waals surface area contributed by atoms with Crippen molar-refractivity contribution in [2.75, 3.05) is 20.2 Å². The number of benzene rings is 1. The molecule has 110 valence electrons. The van der Waals surface area contributed by atoms with Crippen LogP contribution in [0.3, 0.4) is 0 Å². The molecule has 0 radical (unpaired) electrons. The van der Waals surface area contributed by atoms with Crippen LogP contribution in [-0.4, -0.2) is 38.9 Å². The summed E-state index contributed by atoms with van der Waals surface area (Å²) >= 11 is 0. The van der Waals surface area contributed by atoms with Crippen LogP contribution in [-0.2, 0) is 19.6 Å². The normalized spacial score (nSPS) is 17.9. The van der Waals surface area contributed by atoms with E-state index in [0.717, 1.165) is 12.1 Å². The van der Waals surface area contributed by atoms with Crippen LogP contribution in [0.4, 0.5) is 4.39 Å². The first-order chi connectivity index (χ1) is 9.45. The molecule has 7 heteroatoms. The van der Waals surface area contributed by atoms with Crippen molar-refractivity contribution in [1.82, 2.24) is 4.31 Å². The fourth-order valence-corrected chi connectivity index (χ4v) is 3.72. The number of nitrogens with zero attached hydrogens (tertiary/aromatic N) is 1. The molecule has 0 spiro atoms. The second kappa shape index (κ2) is 5.88. The second-order valence-corrected chi connectivity index (χ2v) is 6.59. The smallest absolute Gasteiger partial charge is 0.308 e. The number of hydrogen-bond donors (Lipinski definition) is 0. The van der Waals surface area contributed by atoms with Crippen LogP contribution in [0.5, 0.6) is 0 Å². The maximum absolute atomic E-state index is 12.8. The summed E-state index contributed by atoms with van der Waals surface area (Å²) in [5.41, 5.74) is 0. The third-order valence-electron chi connectivity index (χ3n) is 3.44. The van der Waals surface area contributed by atoms with E-state index < -0.39 is 15.8 Å². The van der Waals surface area contributed by atoms with Gasteiger partial charge in [0, 0.05) is 13.1 Å². The number of carbonyl (C=O) groups is 1. The zero-order valence-electron chi connectivity index (χ0n) is 11.1. The van der Waals surface area contributed by atoms with E-state index in [2.05, 4.69) is 4.74 Å². The highest BCUT2D eigenvalue weighted by Gasteiger charge is 2.32. The van der Waals surface area contributed by atoms with Gasteiger partial charge in [0.25, 0.3) is 0 Å². The Morgan fingerprint density at radius 3 is 2.30 bits per heavy atom. The number of ether oxygens (including phenoxy) is 1. The van der Waals surface area contributed by atoms with Gasteiger partial charge in [0.2, 0.25) is 10.0 Å². The Morgan fingerprint density at radius 1 is 1.25 bits per heavy atom. The molecule has 0 aliphatic carbocycles. The summed E-state index contributed by atoms with van der Waals surface area (Å²) < 4.78 is 43.5. The molecule has 0 aromatic heterocycles. The highest BCUT2D eigenvalue weighted by atomic mass is 32.2. The molecular formula is C13H16FNO4S. The van der Waals surface area contributed by atoms with Gasteiger partial charge in [0.05, 0.1) is 17.9 Å². The van der Waals surface area contributed by atoms with Gasteiger partial charge in [0.15, 0.2) is 0 Å². The summed E-state index contributed by atoms with van der Waals surface area (Å²) in [6, 6.07) is 4.73. The largest absolute Gasteiger partial charge is 0.469 e. The Morgan fingerprint density at radius 2 is 1.80 bits per heavy atom. The Hall–Kier alpha value is -1.47. The summed E-state index contributed by atoms with van der Waals surface area (Å²) in [4.78, 5) is 11.5. The zero-order chi connectivity index (χ0) is 14.8. The molecule has 1 fully saturated rings. The standard InChI is InChI=1S/C13H16FNO4S/c1-19-13(16)10-6-8-15(9-7-10)20(17,18)12-4-2-11(14)3-5-12/h2-5,10H,6-9H2,1H3. The third-order valence-corrected chi connectivity index (χ3v) is 5.35. The van der Waals surface area contributed by atoms with Crippen molar-refractivity contribution >= 4 is 16.0 Å². The third kappa shape index (κ3) is 2.99. The molecule has 1 saturated heterocycles. The van der Waals surface area contributed by atoms with Gasteiger partial charge in [-0.2, -0.15) is 4.31 Å². The van der Waals surface area contributed by atoms with Gasteiger partial charge in [-0.25, -0.2) is 12.8 Å². The van der Waals surface area contributed by atoms with Crippen molar-refractivity contribution in [2.45, 2.75) is 17.7 Å². The minimum Gasteiger partial charge on any atom is -0.469 e. The van der Waals surface area contributed by atoms with E-state index in [0.29, 0.717) is 12.8 Å². The lowest BCUT2D eigenvalue weighted by atomic mass is 9.99. The van der Waals surface area contributed by atoms with Gasteiger partial charge in [-0.1, -0.05) is 0 Å². The van der Waals surface area contributed by atoms with Gasteiger partial charge in [-0.15, -0.1) is 0 Å². The predicted molar refractivity (Wildman–Crippen MR) is 69.9 cm³/mol. The molecule has 0 atom stereocenters. The van der Waals surface area contributed by atoms with Crippen molar-refractivity contribution in [1.29, 1.82) is 0 Å². The van der Waals surface area contributed by atoms with Gasteiger partial charge in [-0.3, -0.25) is 4.79 Å². The highest BCUT2D eigenvalue weighted by Crippen LogP contribution is 2.24. The first-order valence-electron chi connectivity index (χ1n) is 6.28. The molecule has 20 heavy (non-hydrogen) atoms. The van der Waals surface area contributed by atoms with E-state index in [1.54, 1.807) is 0 Å². The van der Waals surface area contributed by atoms with Crippen LogP contribution in [0.2, 0.25) is 0 Å². The van der Waals surface area contributed by atoms with E-state index in [-0.39, 0.29) is 29.9 Å². The summed E-state index contributed by atoms with van der Waals surface area (Å²) in [5.74, 6) is -1.03. The quantitative estimate of drug-likeness (QED) is 0.792. The summed E-state index contributed by atoms with van der Waals surface area (Å²) in [5, 5.41) is 0. The lowest BCUT2D eigenvalue weighted by molar-refractivity contribution is -0.146. The first-order valence-corrected chi connectivity index (χ1v) is 7.72. The van der Waals surface area contributed by atoms with Gasteiger partial charge < -0.3 is 4.74 Å². The Balaban J connectivity index is 2.09. The van der Waals surface area contributed by atoms with Crippen molar-refractivity contribution in [3.8, 4) is 0 Å². The number of esters is 1. The summed E-state index contributed by atoms with van der Waals surface area (Å²) in [6.07, 6.45) is 0.875. The van der Waals surface area contributed by atoms with Crippen molar-refractivity contribution in [3.05, 3.63) is 30.1 Å². The van der Waals surface area contributed by atoms with Crippen LogP contribution in [0.25, 0.3) is 0 Å². The highest BCUT2D eigenvalue weighted by molar-refractivity contribution is 7.89. The summed E-state index contributed by atoms with van der Waals surface area (Å²) in [7, 11) is -2.30. The van der Waals surface area contributed by atoms with Crippen molar-refractivity contribution in [2.24, 2.45) is 5.92 Å². The molecule has 1 heterocycles. The van der Waals surface area contributed by atoms with E-state index in [1.807, 2.05) is 0 Å². The van der Waals surface area contributed by atoms with Crippen LogP contribution < -0.4 is 0 Å². The summed E-state index contributed by atoms with van der Waals surface area (Å²) in [6.45, 7) is 0.527. The first kappa shape index (κ1) is 14.9. The fraction of sp³-hybridized carbons (Fsp3) is 0.462. The number of halogens is 1. The van der Waals surface area contributed by atoms with Crippen molar-refractivity contribution in [3.63, 3.8) is 0 Å². The predicted octanol–water partition coefficient (Wildman–Crippen LogP) is 1.40. The molecule has 0 saturated carbocycles. The maximum atomic E-state index is 12.8. The topological polar surface area (TPSA) is 63.7 Å². The Kier molecular flexibility index (Phi) is 4.39. The number of methoxy groups -OCH3 is 1. The van der Waals surface area contributed by atoms with Gasteiger partial charge in [0.1, 0.15) is 5.82 Å². The molecule has 1 aliphatic heterocycles. The Labute approximate surface area is 117 Å². The van der Waals surface area contributed by atoms with Crippen LogP contribution >= 0.6 is 0 Å².